The number of hydrogen-bond donors (Lipinski definition) is 0. The maximum absolute atomic E-state index is 11.6. The number of aldehydes is 1. The number of anilines is 1. The van der Waals surface area contributed by atoms with Crippen LogP contribution in [0.1, 0.15) is 25.3 Å². The van der Waals surface area contributed by atoms with Crippen molar-refractivity contribution in [3.8, 4) is 0 Å². The van der Waals surface area contributed by atoms with Gasteiger partial charge < -0.3 is 14.4 Å². The highest BCUT2D eigenvalue weighted by atomic mass is 16.5. The molecule has 2 atom stereocenters. The molecule has 1 aromatic carbocycles. The van der Waals surface area contributed by atoms with Crippen LogP contribution in [0, 0.1) is 11.3 Å². The normalized spacial score (nSPS) is 29.9. The summed E-state index contributed by atoms with van der Waals surface area (Å²) < 4.78 is 5.57. The Kier molecular flexibility index (Phi) is 3.79. The lowest BCUT2D eigenvalue weighted by molar-refractivity contribution is -0.122. The van der Waals surface area contributed by atoms with Gasteiger partial charge in [-0.2, -0.15) is 0 Å². The number of carbonyl (C=O) groups excluding carboxylic acids is 1. The fourth-order valence-electron chi connectivity index (χ4n) is 3.57. The van der Waals surface area contributed by atoms with Crippen LogP contribution in [-0.2, 0) is 16.0 Å². The molecule has 2 aliphatic rings. The molecular weight excluding hydrogens is 250 g/mol. The van der Waals surface area contributed by atoms with E-state index in [4.69, 9.17) is 4.74 Å². The fourth-order valence-corrected chi connectivity index (χ4v) is 3.57. The third kappa shape index (κ3) is 2.59. The number of ether oxygens (including phenoxy) is 1. The molecule has 0 amide bonds. The molecule has 2 unspecified atom stereocenters. The van der Waals surface area contributed by atoms with Crippen LogP contribution in [-0.4, -0.2) is 32.6 Å². The molecule has 0 N–H and O–H groups in total. The molecule has 2 heterocycles. The standard InChI is InChI=1S/C17H23NO2/c1-14-9-15-5-2-3-6-16(15)18(10-14)11-17(12-19)7-4-8-20-13-17/h2-3,5-6,12,14H,4,7-11,13H2,1H3. The van der Waals surface area contributed by atoms with Crippen LogP contribution in [0.4, 0.5) is 5.69 Å². The van der Waals surface area contributed by atoms with Crippen molar-refractivity contribution in [2.24, 2.45) is 11.3 Å². The zero-order valence-corrected chi connectivity index (χ0v) is 12.2. The van der Waals surface area contributed by atoms with Gasteiger partial charge >= 0.3 is 0 Å². The average molecular weight is 273 g/mol. The molecule has 1 fully saturated rings. The van der Waals surface area contributed by atoms with E-state index in [1.165, 1.54) is 11.3 Å². The third-order valence-corrected chi connectivity index (χ3v) is 4.54. The first-order chi connectivity index (χ1) is 9.72. The zero-order valence-electron chi connectivity index (χ0n) is 12.2. The number of rotatable bonds is 3. The summed E-state index contributed by atoms with van der Waals surface area (Å²) in [6, 6.07) is 8.59. The van der Waals surface area contributed by atoms with Crippen LogP contribution in [0.25, 0.3) is 0 Å². The molecule has 20 heavy (non-hydrogen) atoms. The van der Waals surface area contributed by atoms with E-state index in [-0.39, 0.29) is 5.41 Å². The molecule has 0 saturated carbocycles. The van der Waals surface area contributed by atoms with Gasteiger partial charge in [-0.15, -0.1) is 0 Å². The molecule has 0 bridgehead atoms. The Labute approximate surface area is 120 Å². The lowest BCUT2D eigenvalue weighted by Gasteiger charge is -2.41. The SMILES string of the molecule is CC1Cc2ccccc2N(CC2(C=O)CCCOC2)C1. The molecule has 0 aromatic heterocycles. The number of carbonyl (C=O) groups is 1. The van der Waals surface area contributed by atoms with Crippen molar-refractivity contribution in [3.05, 3.63) is 29.8 Å². The monoisotopic (exact) mass is 273 g/mol. The van der Waals surface area contributed by atoms with Crippen LogP contribution in [0.15, 0.2) is 24.3 Å². The van der Waals surface area contributed by atoms with Crippen molar-refractivity contribution < 1.29 is 9.53 Å². The molecule has 0 aliphatic carbocycles. The average Bonchev–Trinajstić information content (AvgIpc) is 2.48. The van der Waals surface area contributed by atoms with E-state index < -0.39 is 0 Å². The summed E-state index contributed by atoms with van der Waals surface area (Å²) in [6.07, 6.45) is 4.21. The minimum absolute atomic E-state index is 0.317. The highest BCUT2D eigenvalue weighted by Crippen LogP contribution is 2.34. The van der Waals surface area contributed by atoms with E-state index in [0.717, 1.165) is 45.2 Å². The summed E-state index contributed by atoms with van der Waals surface area (Å²) in [4.78, 5) is 14.0. The Morgan fingerprint density at radius 2 is 2.30 bits per heavy atom. The Bertz CT molecular complexity index is 480. The Morgan fingerprint density at radius 3 is 3.05 bits per heavy atom. The van der Waals surface area contributed by atoms with Crippen molar-refractivity contribution in [2.75, 3.05) is 31.2 Å². The lowest BCUT2D eigenvalue weighted by Crippen LogP contribution is -2.47. The number of nitrogens with zero attached hydrogens (tertiary/aromatic N) is 1. The molecule has 3 heteroatoms. The van der Waals surface area contributed by atoms with Gasteiger partial charge in [-0.05, 0) is 36.8 Å². The van der Waals surface area contributed by atoms with E-state index in [1.807, 2.05) is 0 Å². The summed E-state index contributed by atoms with van der Waals surface area (Å²) in [6.45, 7) is 5.48. The molecule has 3 nitrogen and oxygen atoms in total. The summed E-state index contributed by atoms with van der Waals surface area (Å²) in [7, 11) is 0. The highest BCUT2D eigenvalue weighted by molar-refractivity contribution is 5.63. The van der Waals surface area contributed by atoms with E-state index >= 15 is 0 Å². The van der Waals surface area contributed by atoms with E-state index in [1.54, 1.807) is 0 Å². The number of hydrogen-bond acceptors (Lipinski definition) is 3. The first-order valence-corrected chi connectivity index (χ1v) is 7.59. The summed E-state index contributed by atoms with van der Waals surface area (Å²) in [5.41, 5.74) is 2.39. The number of fused-ring (bicyclic) bond motifs is 1. The van der Waals surface area contributed by atoms with Gasteiger partial charge in [0.1, 0.15) is 6.29 Å². The molecule has 0 spiro atoms. The maximum atomic E-state index is 11.6. The van der Waals surface area contributed by atoms with Gasteiger partial charge in [-0.25, -0.2) is 0 Å². The fraction of sp³-hybridized carbons (Fsp3) is 0.588. The van der Waals surface area contributed by atoms with Gasteiger partial charge in [0.05, 0.1) is 12.0 Å². The van der Waals surface area contributed by atoms with E-state index in [9.17, 15) is 4.79 Å². The molecule has 108 valence electrons. The van der Waals surface area contributed by atoms with Crippen LogP contribution in [0.2, 0.25) is 0 Å². The molecule has 1 aromatic rings. The van der Waals surface area contributed by atoms with Gasteiger partial charge in [0.15, 0.2) is 0 Å². The topological polar surface area (TPSA) is 29.5 Å². The van der Waals surface area contributed by atoms with Gasteiger partial charge in [-0.3, -0.25) is 0 Å². The zero-order chi connectivity index (χ0) is 14.0. The van der Waals surface area contributed by atoms with Gasteiger partial charge in [0.25, 0.3) is 0 Å². The Balaban J connectivity index is 1.84. The van der Waals surface area contributed by atoms with Crippen molar-refractivity contribution in [3.63, 3.8) is 0 Å². The van der Waals surface area contributed by atoms with Crippen LogP contribution in [0.5, 0.6) is 0 Å². The summed E-state index contributed by atoms with van der Waals surface area (Å²) >= 11 is 0. The molecule has 1 saturated heterocycles. The first-order valence-electron chi connectivity index (χ1n) is 7.59. The number of para-hydroxylation sites is 1. The molecule has 2 aliphatic heterocycles. The second-order valence-electron chi connectivity index (χ2n) is 6.45. The van der Waals surface area contributed by atoms with Crippen LogP contribution < -0.4 is 4.90 Å². The molecular formula is C17H23NO2. The largest absolute Gasteiger partial charge is 0.380 e. The lowest BCUT2D eigenvalue weighted by atomic mass is 9.82. The van der Waals surface area contributed by atoms with Crippen molar-refractivity contribution >= 4 is 12.0 Å². The van der Waals surface area contributed by atoms with Gasteiger partial charge in [-0.1, -0.05) is 25.1 Å². The molecule has 3 rings (SSSR count). The van der Waals surface area contributed by atoms with Crippen molar-refractivity contribution in [1.82, 2.24) is 0 Å². The van der Waals surface area contributed by atoms with Gasteiger partial charge in [0.2, 0.25) is 0 Å². The second-order valence-corrected chi connectivity index (χ2v) is 6.45. The quantitative estimate of drug-likeness (QED) is 0.793. The molecule has 0 radical (unpaired) electrons. The van der Waals surface area contributed by atoms with E-state index in [0.29, 0.717) is 12.5 Å². The summed E-state index contributed by atoms with van der Waals surface area (Å²) in [5, 5.41) is 0. The number of benzene rings is 1. The predicted molar refractivity (Wildman–Crippen MR) is 80.1 cm³/mol. The van der Waals surface area contributed by atoms with Crippen LogP contribution in [0.3, 0.4) is 0 Å². The highest BCUT2D eigenvalue weighted by Gasteiger charge is 2.36. The summed E-state index contributed by atoms with van der Waals surface area (Å²) in [5.74, 6) is 0.637. The first kappa shape index (κ1) is 13.6. The third-order valence-electron chi connectivity index (χ3n) is 4.54. The van der Waals surface area contributed by atoms with E-state index in [2.05, 4.69) is 36.1 Å². The second kappa shape index (κ2) is 5.57. The van der Waals surface area contributed by atoms with Crippen LogP contribution >= 0.6 is 0 Å². The Morgan fingerprint density at radius 1 is 1.45 bits per heavy atom. The Hall–Kier alpha value is -1.35. The van der Waals surface area contributed by atoms with Gasteiger partial charge in [0, 0.05) is 25.4 Å². The van der Waals surface area contributed by atoms with Crippen molar-refractivity contribution in [2.45, 2.75) is 26.2 Å². The predicted octanol–water partition coefficient (Wildman–Crippen LogP) is 2.68. The maximum Gasteiger partial charge on any atom is 0.130 e. The minimum Gasteiger partial charge on any atom is -0.380 e. The minimum atomic E-state index is -0.317. The smallest absolute Gasteiger partial charge is 0.130 e. The van der Waals surface area contributed by atoms with Crippen molar-refractivity contribution in [1.29, 1.82) is 0 Å².